The average Bonchev–Trinajstić information content (AvgIpc) is 1.96. The molecule has 0 aromatic heterocycles. The van der Waals surface area contributed by atoms with Gasteiger partial charge in [0.1, 0.15) is 0 Å². The molecule has 3 nitrogen and oxygen atoms in total. The molecule has 6 heteroatoms. The lowest BCUT2D eigenvalue weighted by atomic mass is 10.5. The summed E-state index contributed by atoms with van der Waals surface area (Å²) in [7, 11) is 2.73. The van der Waals surface area contributed by atoms with E-state index in [9.17, 15) is 13.2 Å². The number of ether oxygens (including phenoxy) is 2. The topological polar surface area (TPSA) is 30.5 Å². The molecule has 0 radical (unpaired) electrons. The molecule has 0 fully saturated rings. The zero-order valence-electron chi connectivity index (χ0n) is 6.94. The zero-order valence-corrected chi connectivity index (χ0v) is 6.94. The highest BCUT2D eigenvalue weighted by molar-refractivity contribution is 4.56. The summed E-state index contributed by atoms with van der Waals surface area (Å²) in [5, 5.41) is 2.15. The Balaban J connectivity index is 3.41. The Morgan fingerprint density at radius 2 is 1.75 bits per heavy atom. The van der Waals surface area contributed by atoms with E-state index < -0.39 is 19.0 Å². The first-order valence-corrected chi connectivity index (χ1v) is 3.32. The van der Waals surface area contributed by atoms with Crippen molar-refractivity contribution in [1.29, 1.82) is 0 Å². The van der Waals surface area contributed by atoms with Crippen molar-refractivity contribution in [1.82, 2.24) is 5.32 Å². The summed E-state index contributed by atoms with van der Waals surface area (Å²) in [5.41, 5.74) is 0. The van der Waals surface area contributed by atoms with Crippen molar-refractivity contribution in [3.05, 3.63) is 0 Å². The summed E-state index contributed by atoms with van der Waals surface area (Å²) in [6.45, 7) is -1.01. The molecule has 0 aliphatic rings. The van der Waals surface area contributed by atoms with Crippen LogP contribution >= 0.6 is 0 Å². The Morgan fingerprint density at radius 1 is 1.25 bits per heavy atom. The van der Waals surface area contributed by atoms with Crippen molar-refractivity contribution in [3.8, 4) is 0 Å². The van der Waals surface area contributed by atoms with E-state index in [1.54, 1.807) is 0 Å². The van der Waals surface area contributed by atoms with Gasteiger partial charge in [0.15, 0.2) is 6.29 Å². The van der Waals surface area contributed by atoms with E-state index in [0.29, 0.717) is 0 Å². The van der Waals surface area contributed by atoms with Crippen LogP contribution in [0.4, 0.5) is 13.2 Å². The standard InChI is InChI=1S/C6H12F3NO2/c1-11-5(12-2)3-10-4-6(7,8)9/h5,10H,3-4H2,1-2H3. The van der Waals surface area contributed by atoms with Crippen molar-refractivity contribution >= 4 is 0 Å². The summed E-state index contributed by atoms with van der Waals surface area (Å²) in [6.07, 6.45) is -4.82. The SMILES string of the molecule is COC(CNCC(F)(F)F)OC. The molecule has 0 aliphatic heterocycles. The second-order valence-electron chi connectivity index (χ2n) is 2.15. The van der Waals surface area contributed by atoms with Gasteiger partial charge >= 0.3 is 6.18 Å². The molecule has 0 rings (SSSR count). The van der Waals surface area contributed by atoms with Crippen LogP contribution in [0.15, 0.2) is 0 Å². The molecular formula is C6H12F3NO2. The van der Waals surface area contributed by atoms with Gasteiger partial charge in [-0.05, 0) is 0 Å². The van der Waals surface area contributed by atoms with E-state index in [0.717, 1.165) is 0 Å². The molecule has 0 saturated heterocycles. The normalized spacial score (nSPS) is 12.5. The fourth-order valence-electron chi connectivity index (χ4n) is 0.595. The van der Waals surface area contributed by atoms with Gasteiger partial charge in [-0.2, -0.15) is 13.2 Å². The number of rotatable bonds is 5. The number of hydrogen-bond acceptors (Lipinski definition) is 3. The largest absolute Gasteiger partial charge is 0.401 e. The van der Waals surface area contributed by atoms with E-state index in [1.165, 1.54) is 14.2 Å². The Kier molecular flexibility index (Phi) is 5.19. The molecule has 0 aromatic rings. The minimum atomic E-state index is -4.19. The Bertz CT molecular complexity index is 114. The zero-order chi connectivity index (χ0) is 9.61. The number of nitrogens with one attached hydrogen (secondary N) is 1. The third-order valence-electron chi connectivity index (χ3n) is 1.16. The molecule has 0 aliphatic carbocycles. The minimum absolute atomic E-state index is 0.0203. The molecule has 0 unspecified atom stereocenters. The number of halogens is 3. The Hall–Kier alpha value is -0.330. The molecule has 0 bridgehead atoms. The molecule has 0 spiro atoms. The fourth-order valence-corrected chi connectivity index (χ4v) is 0.595. The van der Waals surface area contributed by atoms with Gasteiger partial charge in [-0.25, -0.2) is 0 Å². The molecule has 0 heterocycles. The summed E-state index contributed by atoms with van der Waals surface area (Å²) in [4.78, 5) is 0. The highest BCUT2D eigenvalue weighted by atomic mass is 19.4. The molecule has 0 atom stereocenters. The van der Waals surface area contributed by atoms with Crippen molar-refractivity contribution in [2.75, 3.05) is 27.3 Å². The van der Waals surface area contributed by atoms with Crippen LogP contribution in [0.3, 0.4) is 0 Å². The van der Waals surface area contributed by atoms with Crippen LogP contribution in [-0.2, 0) is 9.47 Å². The molecule has 1 N–H and O–H groups in total. The van der Waals surface area contributed by atoms with Gasteiger partial charge in [-0.15, -0.1) is 0 Å². The van der Waals surface area contributed by atoms with E-state index in [2.05, 4.69) is 14.8 Å². The second kappa shape index (κ2) is 5.34. The quantitative estimate of drug-likeness (QED) is 0.644. The van der Waals surface area contributed by atoms with Crippen LogP contribution in [0.1, 0.15) is 0 Å². The van der Waals surface area contributed by atoms with Gasteiger partial charge in [0.25, 0.3) is 0 Å². The summed E-state index contributed by atoms with van der Waals surface area (Å²) < 4.78 is 44.0. The van der Waals surface area contributed by atoms with Crippen LogP contribution in [0.25, 0.3) is 0 Å². The van der Waals surface area contributed by atoms with Crippen LogP contribution < -0.4 is 5.32 Å². The van der Waals surface area contributed by atoms with Gasteiger partial charge in [0.2, 0.25) is 0 Å². The molecule has 12 heavy (non-hydrogen) atoms. The molecule has 0 saturated carbocycles. The Labute approximate surface area is 68.8 Å². The highest BCUT2D eigenvalue weighted by Crippen LogP contribution is 2.11. The van der Waals surface area contributed by atoms with Gasteiger partial charge in [-0.1, -0.05) is 0 Å². The first-order chi connectivity index (χ1) is 5.49. The van der Waals surface area contributed by atoms with Crippen molar-refractivity contribution < 1.29 is 22.6 Å². The number of alkyl halides is 3. The monoisotopic (exact) mass is 187 g/mol. The first-order valence-electron chi connectivity index (χ1n) is 3.32. The van der Waals surface area contributed by atoms with E-state index in [1.807, 2.05) is 0 Å². The first kappa shape index (κ1) is 11.7. The lowest BCUT2D eigenvalue weighted by Gasteiger charge is -2.14. The average molecular weight is 187 g/mol. The van der Waals surface area contributed by atoms with Crippen molar-refractivity contribution in [2.45, 2.75) is 12.5 Å². The second-order valence-corrected chi connectivity index (χ2v) is 2.15. The molecule has 0 amide bonds. The van der Waals surface area contributed by atoms with Gasteiger partial charge in [-0.3, -0.25) is 0 Å². The third-order valence-corrected chi connectivity index (χ3v) is 1.16. The van der Waals surface area contributed by atoms with E-state index >= 15 is 0 Å². The number of hydrogen-bond donors (Lipinski definition) is 1. The fraction of sp³-hybridized carbons (Fsp3) is 1.00. The van der Waals surface area contributed by atoms with E-state index in [4.69, 9.17) is 0 Å². The van der Waals surface area contributed by atoms with Crippen molar-refractivity contribution in [3.63, 3.8) is 0 Å². The highest BCUT2D eigenvalue weighted by Gasteiger charge is 2.26. The lowest BCUT2D eigenvalue weighted by molar-refractivity contribution is -0.134. The van der Waals surface area contributed by atoms with E-state index in [-0.39, 0.29) is 6.54 Å². The van der Waals surface area contributed by atoms with Crippen molar-refractivity contribution in [2.24, 2.45) is 0 Å². The lowest BCUT2D eigenvalue weighted by Crippen LogP contribution is -2.36. The third kappa shape index (κ3) is 6.38. The maximum Gasteiger partial charge on any atom is 0.401 e. The maximum absolute atomic E-state index is 11.6. The summed E-state index contributed by atoms with van der Waals surface area (Å²) >= 11 is 0. The maximum atomic E-state index is 11.6. The van der Waals surface area contributed by atoms with Crippen LogP contribution in [0.5, 0.6) is 0 Å². The Morgan fingerprint density at radius 3 is 2.08 bits per heavy atom. The summed E-state index contributed by atoms with van der Waals surface area (Å²) in [6, 6.07) is 0. The summed E-state index contributed by atoms with van der Waals surface area (Å²) in [5.74, 6) is 0. The van der Waals surface area contributed by atoms with Gasteiger partial charge in [0, 0.05) is 20.8 Å². The molecular weight excluding hydrogens is 175 g/mol. The van der Waals surface area contributed by atoms with Gasteiger partial charge in [0.05, 0.1) is 6.54 Å². The molecule has 0 aromatic carbocycles. The molecule has 74 valence electrons. The predicted octanol–water partition coefficient (Wildman–Crippen LogP) is 0.757. The van der Waals surface area contributed by atoms with Crippen LogP contribution in [-0.4, -0.2) is 39.8 Å². The van der Waals surface area contributed by atoms with Crippen LogP contribution in [0, 0.1) is 0 Å². The predicted molar refractivity (Wildman–Crippen MR) is 36.7 cm³/mol. The van der Waals surface area contributed by atoms with Gasteiger partial charge < -0.3 is 14.8 Å². The number of methoxy groups -OCH3 is 2. The minimum Gasteiger partial charge on any atom is -0.355 e. The smallest absolute Gasteiger partial charge is 0.355 e. The van der Waals surface area contributed by atoms with Crippen LogP contribution in [0.2, 0.25) is 0 Å².